The molecule has 1 rings (SSSR count). The summed E-state index contributed by atoms with van der Waals surface area (Å²) in [7, 11) is 2.20. The van der Waals surface area contributed by atoms with E-state index in [9.17, 15) is 0 Å². The molecule has 0 aliphatic carbocycles. The van der Waals surface area contributed by atoms with Crippen molar-refractivity contribution in [2.75, 3.05) is 13.6 Å². The predicted octanol–water partition coefficient (Wildman–Crippen LogP) is 3.02. The molecule has 0 spiro atoms. The molecule has 1 nitrogen and oxygen atoms in total. The van der Waals surface area contributed by atoms with E-state index >= 15 is 0 Å². The van der Waals surface area contributed by atoms with E-state index in [1.54, 1.807) is 0 Å². The Balaban J connectivity index is 2.79. The first kappa shape index (κ1) is 11.3. The van der Waals surface area contributed by atoms with E-state index in [0.717, 1.165) is 0 Å². The first-order valence-electron chi connectivity index (χ1n) is 5.36. The fourth-order valence-electron chi connectivity index (χ4n) is 2.17. The normalized spacial score (nSPS) is 30.1. The lowest BCUT2D eigenvalue weighted by atomic mass is 9.91. The summed E-state index contributed by atoms with van der Waals surface area (Å²) in [4.78, 5) is 2.42. The summed E-state index contributed by atoms with van der Waals surface area (Å²) in [6.45, 7) is 9.35. The van der Waals surface area contributed by atoms with Crippen LogP contribution in [0.1, 0.15) is 20.3 Å². The molecule has 2 atom stereocenters. The molecule has 0 aromatic rings. The molecule has 1 heterocycles. The van der Waals surface area contributed by atoms with Crippen molar-refractivity contribution in [3.63, 3.8) is 0 Å². The molecule has 1 fully saturated rings. The van der Waals surface area contributed by atoms with Crippen LogP contribution in [0.15, 0.2) is 36.5 Å². The maximum atomic E-state index is 3.77. The molecule has 14 heavy (non-hydrogen) atoms. The Hall–Kier alpha value is -0.820. The third-order valence-corrected chi connectivity index (χ3v) is 3.17. The van der Waals surface area contributed by atoms with Crippen molar-refractivity contribution in [1.82, 2.24) is 4.90 Å². The van der Waals surface area contributed by atoms with Gasteiger partial charge in [-0.05, 0) is 39.4 Å². The van der Waals surface area contributed by atoms with Gasteiger partial charge in [0.05, 0.1) is 0 Å². The van der Waals surface area contributed by atoms with Crippen LogP contribution >= 0.6 is 0 Å². The third-order valence-electron chi connectivity index (χ3n) is 3.17. The number of hydrogen-bond acceptors (Lipinski definition) is 1. The highest BCUT2D eigenvalue weighted by molar-refractivity contribution is 5.27. The summed E-state index contributed by atoms with van der Waals surface area (Å²) in [5.74, 6) is 0.675. The van der Waals surface area contributed by atoms with Gasteiger partial charge in [0.25, 0.3) is 0 Å². The van der Waals surface area contributed by atoms with Crippen LogP contribution in [0.2, 0.25) is 0 Å². The summed E-state index contributed by atoms with van der Waals surface area (Å²) >= 11 is 0. The first-order chi connectivity index (χ1) is 6.70. The summed E-state index contributed by atoms with van der Waals surface area (Å²) in [6.07, 6.45) is 9.62. The number of hydrogen-bond donors (Lipinski definition) is 0. The van der Waals surface area contributed by atoms with E-state index in [4.69, 9.17) is 0 Å². The van der Waals surface area contributed by atoms with Gasteiger partial charge >= 0.3 is 0 Å². The quantitative estimate of drug-likeness (QED) is 0.620. The van der Waals surface area contributed by atoms with Crippen LogP contribution in [0.4, 0.5) is 0 Å². The van der Waals surface area contributed by atoms with Crippen LogP contribution in [0.25, 0.3) is 0 Å². The highest BCUT2D eigenvalue weighted by Gasteiger charge is 2.29. The number of allylic oxidation sites excluding steroid dienone is 4. The fraction of sp³-hybridized carbons (Fsp3) is 0.538. The van der Waals surface area contributed by atoms with Crippen molar-refractivity contribution in [3.05, 3.63) is 36.5 Å². The van der Waals surface area contributed by atoms with E-state index in [0.29, 0.717) is 12.0 Å². The minimum absolute atomic E-state index is 0.650. The lowest BCUT2D eigenvalue weighted by Crippen LogP contribution is -2.26. The van der Waals surface area contributed by atoms with E-state index in [1.165, 1.54) is 18.5 Å². The standard InChI is InChI=1S/C13H21N/c1-5-7-12(8-6-2)13-9-10-14(4)11(13)3/h5-8,11,13H,1,9-10H2,2-4H3/b8-6-,12-7+. The van der Waals surface area contributed by atoms with Gasteiger partial charge in [-0.25, -0.2) is 0 Å². The largest absolute Gasteiger partial charge is 0.303 e. The number of nitrogens with zero attached hydrogens (tertiary/aromatic N) is 1. The van der Waals surface area contributed by atoms with Crippen molar-refractivity contribution < 1.29 is 0 Å². The van der Waals surface area contributed by atoms with Crippen molar-refractivity contribution in [2.24, 2.45) is 5.92 Å². The molecule has 0 saturated carbocycles. The Morgan fingerprint density at radius 3 is 2.64 bits per heavy atom. The molecule has 1 saturated heterocycles. The van der Waals surface area contributed by atoms with Gasteiger partial charge in [-0.3, -0.25) is 0 Å². The van der Waals surface area contributed by atoms with Gasteiger partial charge < -0.3 is 4.90 Å². The average Bonchev–Trinajstić information content (AvgIpc) is 2.48. The highest BCUT2D eigenvalue weighted by atomic mass is 15.1. The number of likely N-dealkylation sites (tertiary alicyclic amines) is 1. The SMILES string of the molecule is C=C/C=C(\C=C/C)C1CCN(C)C1C. The minimum Gasteiger partial charge on any atom is -0.303 e. The van der Waals surface area contributed by atoms with Crippen molar-refractivity contribution in [1.29, 1.82) is 0 Å². The Bertz CT molecular complexity index is 250. The van der Waals surface area contributed by atoms with Gasteiger partial charge in [0.15, 0.2) is 0 Å². The van der Waals surface area contributed by atoms with Crippen LogP contribution in [0.3, 0.4) is 0 Å². The van der Waals surface area contributed by atoms with Gasteiger partial charge in [-0.15, -0.1) is 0 Å². The number of rotatable bonds is 3. The van der Waals surface area contributed by atoms with E-state index in [2.05, 4.69) is 50.6 Å². The van der Waals surface area contributed by atoms with E-state index in [1.807, 2.05) is 6.08 Å². The molecule has 0 aromatic carbocycles. The second kappa shape index (κ2) is 5.16. The average molecular weight is 191 g/mol. The maximum absolute atomic E-state index is 3.77. The van der Waals surface area contributed by atoms with Gasteiger partial charge in [0, 0.05) is 12.0 Å². The zero-order valence-electron chi connectivity index (χ0n) is 9.53. The molecular weight excluding hydrogens is 170 g/mol. The van der Waals surface area contributed by atoms with Crippen LogP contribution < -0.4 is 0 Å². The smallest absolute Gasteiger partial charge is 0.0133 e. The predicted molar refractivity (Wildman–Crippen MR) is 63.3 cm³/mol. The van der Waals surface area contributed by atoms with Gasteiger partial charge in [-0.2, -0.15) is 0 Å². The Morgan fingerprint density at radius 1 is 1.50 bits per heavy atom. The third kappa shape index (κ3) is 2.36. The van der Waals surface area contributed by atoms with Crippen LogP contribution in [-0.4, -0.2) is 24.5 Å². The molecular formula is C13H21N. The van der Waals surface area contributed by atoms with E-state index in [-0.39, 0.29) is 0 Å². The molecule has 0 amide bonds. The fourth-order valence-corrected chi connectivity index (χ4v) is 2.17. The van der Waals surface area contributed by atoms with Gasteiger partial charge in [-0.1, -0.05) is 30.9 Å². The summed E-state index contributed by atoms with van der Waals surface area (Å²) in [5.41, 5.74) is 1.42. The zero-order valence-corrected chi connectivity index (χ0v) is 9.53. The van der Waals surface area contributed by atoms with Gasteiger partial charge in [0.1, 0.15) is 0 Å². The topological polar surface area (TPSA) is 3.24 Å². The second-order valence-corrected chi connectivity index (χ2v) is 4.02. The first-order valence-corrected chi connectivity index (χ1v) is 5.36. The maximum Gasteiger partial charge on any atom is 0.0133 e. The Labute approximate surface area is 87.8 Å². The summed E-state index contributed by atoms with van der Waals surface area (Å²) in [5, 5.41) is 0. The zero-order chi connectivity index (χ0) is 10.6. The van der Waals surface area contributed by atoms with E-state index < -0.39 is 0 Å². The lowest BCUT2D eigenvalue weighted by molar-refractivity contribution is 0.308. The molecule has 0 aromatic heterocycles. The molecule has 1 aliphatic rings. The summed E-state index contributed by atoms with van der Waals surface area (Å²) in [6, 6.07) is 0.650. The summed E-state index contributed by atoms with van der Waals surface area (Å²) < 4.78 is 0. The molecule has 1 heteroatoms. The van der Waals surface area contributed by atoms with Crippen molar-refractivity contribution in [3.8, 4) is 0 Å². The van der Waals surface area contributed by atoms with Crippen molar-refractivity contribution >= 4 is 0 Å². The molecule has 2 unspecified atom stereocenters. The minimum atomic E-state index is 0.650. The second-order valence-electron chi connectivity index (χ2n) is 4.02. The van der Waals surface area contributed by atoms with Crippen LogP contribution in [0, 0.1) is 5.92 Å². The highest BCUT2D eigenvalue weighted by Crippen LogP contribution is 2.29. The molecule has 0 bridgehead atoms. The van der Waals surface area contributed by atoms with Crippen LogP contribution in [0.5, 0.6) is 0 Å². The molecule has 0 N–H and O–H groups in total. The molecule has 78 valence electrons. The monoisotopic (exact) mass is 191 g/mol. The lowest BCUT2D eigenvalue weighted by Gasteiger charge is -2.21. The molecule has 0 radical (unpaired) electrons. The van der Waals surface area contributed by atoms with Crippen molar-refractivity contribution in [2.45, 2.75) is 26.3 Å². The molecule has 1 aliphatic heterocycles. The van der Waals surface area contributed by atoms with Gasteiger partial charge in [0.2, 0.25) is 0 Å². The Morgan fingerprint density at radius 2 is 2.21 bits per heavy atom. The Kier molecular flexibility index (Phi) is 4.15. The van der Waals surface area contributed by atoms with Crippen LogP contribution in [-0.2, 0) is 0 Å².